The van der Waals surface area contributed by atoms with Crippen molar-refractivity contribution in [3.8, 4) is 0 Å². The summed E-state index contributed by atoms with van der Waals surface area (Å²) in [5, 5.41) is 10.4. The molecule has 1 heterocycles. The average molecular weight is 147 g/mol. The molecule has 1 aliphatic rings. The summed E-state index contributed by atoms with van der Waals surface area (Å²) in [7, 11) is 0. The van der Waals surface area contributed by atoms with Crippen molar-refractivity contribution < 1.29 is 5.21 Å². The Balaban J connectivity index is 2.55. The zero-order valence-corrected chi connectivity index (χ0v) is 6.12. The molecule has 1 aromatic carbocycles. The lowest BCUT2D eigenvalue weighted by Gasteiger charge is -2.07. The molecule has 0 aromatic heterocycles. The molecule has 1 N–H and O–H groups in total. The molecule has 0 saturated heterocycles. The van der Waals surface area contributed by atoms with Gasteiger partial charge in [0.15, 0.2) is 0 Å². The average Bonchev–Trinajstić information content (AvgIpc) is 2.30. The Labute approximate surface area is 65.3 Å². The van der Waals surface area contributed by atoms with Gasteiger partial charge in [0.1, 0.15) is 0 Å². The summed E-state index contributed by atoms with van der Waals surface area (Å²) in [6, 6.07) is 7.87. The maximum Gasteiger partial charge on any atom is 0.0710 e. The number of hydrogen-bond acceptors (Lipinski definition) is 2. The van der Waals surface area contributed by atoms with Gasteiger partial charge in [-0.2, -0.15) is 0 Å². The predicted molar refractivity (Wildman–Crippen MR) is 42.8 cm³/mol. The van der Waals surface area contributed by atoms with Crippen molar-refractivity contribution in [1.82, 2.24) is 5.06 Å². The van der Waals surface area contributed by atoms with Crippen LogP contribution in [0.25, 0.3) is 5.70 Å². The standard InChI is InChI=1S/C9H9NO/c1-7-9-5-3-2-4-8(9)6-10(7)11/h2-5,11H,1,6H2. The minimum Gasteiger partial charge on any atom is -0.288 e. The summed E-state index contributed by atoms with van der Waals surface area (Å²) < 4.78 is 0. The molecule has 0 atom stereocenters. The molecule has 0 aliphatic carbocycles. The molecule has 0 saturated carbocycles. The third-order valence-electron chi connectivity index (χ3n) is 1.96. The topological polar surface area (TPSA) is 23.5 Å². The van der Waals surface area contributed by atoms with Gasteiger partial charge in [0.2, 0.25) is 0 Å². The second-order valence-electron chi connectivity index (χ2n) is 2.66. The van der Waals surface area contributed by atoms with Crippen LogP contribution in [0.3, 0.4) is 0 Å². The van der Waals surface area contributed by atoms with E-state index in [2.05, 4.69) is 6.58 Å². The highest BCUT2D eigenvalue weighted by molar-refractivity contribution is 5.67. The molecule has 2 heteroatoms. The van der Waals surface area contributed by atoms with Crippen molar-refractivity contribution in [3.63, 3.8) is 0 Å². The molecule has 56 valence electrons. The van der Waals surface area contributed by atoms with E-state index in [9.17, 15) is 5.21 Å². The van der Waals surface area contributed by atoms with Crippen LogP contribution >= 0.6 is 0 Å². The minimum absolute atomic E-state index is 0.564. The molecule has 1 aliphatic heterocycles. The Morgan fingerprint density at radius 1 is 1.36 bits per heavy atom. The first-order valence-electron chi connectivity index (χ1n) is 3.52. The molecule has 0 amide bonds. The van der Waals surface area contributed by atoms with E-state index in [-0.39, 0.29) is 0 Å². The molecule has 2 nitrogen and oxygen atoms in total. The van der Waals surface area contributed by atoms with Crippen LogP contribution in [0.4, 0.5) is 0 Å². The molecule has 0 spiro atoms. The fourth-order valence-corrected chi connectivity index (χ4v) is 1.34. The van der Waals surface area contributed by atoms with E-state index in [1.165, 1.54) is 5.06 Å². The highest BCUT2D eigenvalue weighted by Gasteiger charge is 2.19. The number of hydrogen-bond donors (Lipinski definition) is 1. The van der Waals surface area contributed by atoms with Crippen LogP contribution in [-0.2, 0) is 6.54 Å². The van der Waals surface area contributed by atoms with Gasteiger partial charge in [-0.05, 0) is 5.56 Å². The summed E-state index contributed by atoms with van der Waals surface area (Å²) in [4.78, 5) is 0. The summed E-state index contributed by atoms with van der Waals surface area (Å²) in [5.74, 6) is 0. The zero-order chi connectivity index (χ0) is 7.84. The van der Waals surface area contributed by atoms with Gasteiger partial charge in [-0.25, -0.2) is 0 Å². The quantitative estimate of drug-likeness (QED) is 0.605. The van der Waals surface area contributed by atoms with E-state index in [0.717, 1.165) is 11.1 Å². The van der Waals surface area contributed by atoms with Crippen molar-refractivity contribution in [1.29, 1.82) is 0 Å². The number of fused-ring (bicyclic) bond motifs is 1. The van der Waals surface area contributed by atoms with Gasteiger partial charge in [-0.1, -0.05) is 30.8 Å². The summed E-state index contributed by atoms with van der Waals surface area (Å²) in [6.45, 7) is 4.32. The van der Waals surface area contributed by atoms with Crippen LogP contribution in [-0.4, -0.2) is 10.3 Å². The molecule has 0 fully saturated rings. The van der Waals surface area contributed by atoms with E-state index in [1.54, 1.807) is 0 Å². The van der Waals surface area contributed by atoms with Gasteiger partial charge in [-0.15, -0.1) is 0 Å². The molecule has 11 heavy (non-hydrogen) atoms. The van der Waals surface area contributed by atoms with Crippen LogP contribution in [0.1, 0.15) is 11.1 Å². The third kappa shape index (κ3) is 0.835. The van der Waals surface area contributed by atoms with Crippen LogP contribution < -0.4 is 0 Å². The maximum absolute atomic E-state index is 9.25. The Morgan fingerprint density at radius 3 is 2.82 bits per heavy atom. The Hall–Kier alpha value is -1.28. The molecule has 0 bridgehead atoms. The lowest BCUT2D eigenvalue weighted by Crippen LogP contribution is -2.07. The zero-order valence-electron chi connectivity index (χ0n) is 6.12. The number of hydroxylamine groups is 2. The monoisotopic (exact) mass is 147 g/mol. The van der Waals surface area contributed by atoms with Gasteiger partial charge >= 0.3 is 0 Å². The summed E-state index contributed by atoms with van der Waals surface area (Å²) in [5.41, 5.74) is 2.88. The van der Waals surface area contributed by atoms with Crippen molar-refractivity contribution >= 4 is 5.70 Å². The lowest BCUT2D eigenvalue weighted by molar-refractivity contribution is -0.0283. The molecule has 0 radical (unpaired) electrons. The van der Waals surface area contributed by atoms with E-state index in [4.69, 9.17) is 0 Å². The highest BCUT2D eigenvalue weighted by Crippen LogP contribution is 2.28. The SMILES string of the molecule is C=C1c2ccccc2CN1O. The first-order valence-corrected chi connectivity index (χ1v) is 3.52. The van der Waals surface area contributed by atoms with Crippen molar-refractivity contribution in [3.05, 3.63) is 42.0 Å². The first-order chi connectivity index (χ1) is 5.29. The smallest absolute Gasteiger partial charge is 0.0710 e. The van der Waals surface area contributed by atoms with E-state index in [1.807, 2.05) is 24.3 Å². The Kier molecular flexibility index (Phi) is 1.23. The first kappa shape index (κ1) is 6.43. The van der Waals surface area contributed by atoms with Crippen LogP contribution in [0.2, 0.25) is 0 Å². The molecule has 0 unspecified atom stereocenters. The van der Waals surface area contributed by atoms with Gasteiger partial charge < -0.3 is 0 Å². The minimum atomic E-state index is 0.564. The molecule has 2 rings (SSSR count). The molecular formula is C9H9NO. The lowest BCUT2D eigenvalue weighted by atomic mass is 10.1. The largest absolute Gasteiger partial charge is 0.288 e. The molecule has 1 aromatic rings. The van der Waals surface area contributed by atoms with Crippen LogP contribution in [0, 0.1) is 0 Å². The van der Waals surface area contributed by atoms with E-state index < -0.39 is 0 Å². The van der Waals surface area contributed by atoms with Crippen LogP contribution in [0.5, 0.6) is 0 Å². The second-order valence-corrected chi connectivity index (χ2v) is 2.66. The van der Waals surface area contributed by atoms with Gasteiger partial charge in [0, 0.05) is 5.56 Å². The third-order valence-corrected chi connectivity index (χ3v) is 1.96. The number of nitrogens with zero attached hydrogens (tertiary/aromatic N) is 1. The van der Waals surface area contributed by atoms with Crippen molar-refractivity contribution in [2.24, 2.45) is 0 Å². The normalized spacial score (nSPS) is 15.4. The fraction of sp³-hybridized carbons (Fsp3) is 0.111. The number of benzene rings is 1. The molecular weight excluding hydrogens is 138 g/mol. The summed E-state index contributed by atoms with van der Waals surface area (Å²) >= 11 is 0. The second kappa shape index (κ2) is 2.10. The van der Waals surface area contributed by atoms with Crippen LogP contribution in [0.15, 0.2) is 30.8 Å². The Bertz CT molecular complexity index is 306. The predicted octanol–water partition coefficient (Wildman–Crippen LogP) is 1.86. The maximum atomic E-state index is 9.25. The van der Waals surface area contributed by atoms with E-state index >= 15 is 0 Å². The van der Waals surface area contributed by atoms with Gasteiger partial charge in [-0.3, -0.25) is 10.3 Å². The van der Waals surface area contributed by atoms with Crippen molar-refractivity contribution in [2.75, 3.05) is 0 Å². The number of rotatable bonds is 0. The van der Waals surface area contributed by atoms with Crippen molar-refractivity contribution in [2.45, 2.75) is 6.54 Å². The van der Waals surface area contributed by atoms with Gasteiger partial charge in [0.25, 0.3) is 0 Å². The fourth-order valence-electron chi connectivity index (χ4n) is 1.34. The van der Waals surface area contributed by atoms with E-state index in [0.29, 0.717) is 12.2 Å². The highest BCUT2D eigenvalue weighted by atomic mass is 16.5. The van der Waals surface area contributed by atoms with Gasteiger partial charge in [0.05, 0.1) is 12.2 Å². The summed E-state index contributed by atoms with van der Waals surface area (Å²) in [6.07, 6.45) is 0. The Morgan fingerprint density at radius 2 is 2.09 bits per heavy atom.